The van der Waals surface area contributed by atoms with Gasteiger partial charge in [-0.3, -0.25) is 4.79 Å². The van der Waals surface area contributed by atoms with Crippen LogP contribution in [0.5, 0.6) is 5.75 Å². The fourth-order valence-corrected chi connectivity index (χ4v) is 1.60. The minimum absolute atomic E-state index is 0.108. The molecule has 0 fully saturated rings. The van der Waals surface area contributed by atoms with Crippen LogP contribution >= 0.6 is 0 Å². The zero-order valence-electron chi connectivity index (χ0n) is 11.9. The van der Waals surface area contributed by atoms with Gasteiger partial charge in [-0.25, -0.2) is 4.39 Å². The van der Waals surface area contributed by atoms with Crippen LogP contribution in [0.4, 0.5) is 4.39 Å². The number of amides is 1. The third-order valence-corrected chi connectivity index (χ3v) is 2.62. The Morgan fingerprint density at radius 3 is 2.80 bits per heavy atom. The predicted molar refractivity (Wildman–Crippen MR) is 74.2 cm³/mol. The molecule has 1 aromatic carbocycles. The van der Waals surface area contributed by atoms with Gasteiger partial charge in [0.2, 0.25) is 5.91 Å². The van der Waals surface area contributed by atoms with Crippen LogP contribution in [-0.4, -0.2) is 39.8 Å². The van der Waals surface area contributed by atoms with Crippen molar-refractivity contribution < 1.29 is 18.7 Å². The molecule has 0 heterocycles. The molecular formula is C14H21FN2O3. The number of hydrogen-bond donors (Lipinski definition) is 2. The molecule has 0 spiro atoms. The average molecular weight is 284 g/mol. The van der Waals surface area contributed by atoms with Gasteiger partial charge >= 0.3 is 0 Å². The zero-order valence-corrected chi connectivity index (χ0v) is 11.9. The number of carbonyl (C=O) groups is 1. The lowest BCUT2D eigenvalue weighted by Crippen LogP contribution is -2.20. The van der Waals surface area contributed by atoms with Gasteiger partial charge in [0.05, 0.1) is 19.6 Å². The van der Waals surface area contributed by atoms with Crippen LogP contribution in [0, 0.1) is 5.82 Å². The van der Waals surface area contributed by atoms with Gasteiger partial charge in [0.1, 0.15) is 11.6 Å². The molecule has 112 valence electrons. The summed E-state index contributed by atoms with van der Waals surface area (Å²) in [6.07, 6.45) is 0.244. The number of benzene rings is 1. The van der Waals surface area contributed by atoms with Crippen LogP contribution in [0.25, 0.3) is 0 Å². The van der Waals surface area contributed by atoms with Gasteiger partial charge in [0.25, 0.3) is 0 Å². The highest BCUT2D eigenvalue weighted by atomic mass is 19.1. The average Bonchev–Trinajstić information content (AvgIpc) is 2.43. The first-order chi connectivity index (χ1) is 9.65. The molecular weight excluding hydrogens is 263 g/mol. The SMILES string of the molecule is CNC(=O)CCOc1cc(F)cc(CNCCOC)c1. The summed E-state index contributed by atoms with van der Waals surface area (Å²) in [5.74, 6) is -0.0358. The second kappa shape index (κ2) is 9.28. The van der Waals surface area contributed by atoms with Crippen molar-refractivity contribution in [1.82, 2.24) is 10.6 Å². The van der Waals surface area contributed by atoms with Crippen molar-refractivity contribution in [2.45, 2.75) is 13.0 Å². The van der Waals surface area contributed by atoms with E-state index in [1.54, 1.807) is 20.2 Å². The Morgan fingerprint density at radius 1 is 1.30 bits per heavy atom. The third-order valence-electron chi connectivity index (χ3n) is 2.62. The molecule has 1 amide bonds. The highest BCUT2D eigenvalue weighted by Gasteiger charge is 2.03. The molecule has 0 atom stereocenters. The molecule has 0 radical (unpaired) electrons. The van der Waals surface area contributed by atoms with E-state index < -0.39 is 0 Å². The molecule has 0 saturated heterocycles. The number of ether oxygens (including phenoxy) is 2. The van der Waals surface area contributed by atoms with Crippen molar-refractivity contribution in [3.8, 4) is 5.75 Å². The maximum Gasteiger partial charge on any atom is 0.223 e. The summed E-state index contributed by atoms with van der Waals surface area (Å²) in [5.41, 5.74) is 0.788. The number of halogens is 1. The van der Waals surface area contributed by atoms with E-state index >= 15 is 0 Å². The Bertz CT molecular complexity index is 427. The smallest absolute Gasteiger partial charge is 0.223 e. The normalized spacial score (nSPS) is 10.3. The van der Waals surface area contributed by atoms with E-state index in [1.165, 1.54) is 12.1 Å². The minimum atomic E-state index is -0.356. The van der Waals surface area contributed by atoms with Crippen LogP contribution < -0.4 is 15.4 Å². The number of rotatable bonds is 9. The van der Waals surface area contributed by atoms with E-state index in [0.29, 0.717) is 25.4 Å². The lowest BCUT2D eigenvalue weighted by molar-refractivity contribution is -0.121. The summed E-state index contributed by atoms with van der Waals surface area (Å²) in [5, 5.41) is 5.63. The summed E-state index contributed by atoms with van der Waals surface area (Å²) in [6.45, 7) is 2.05. The number of hydrogen-bond acceptors (Lipinski definition) is 4. The number of carbonyl (C=O) groups excluding carboxylic acids is 1. The second-order valence-electron chi connectivity index (χ2n) is 4.24. The Kier molecular flexibility index (Phi) is 7.60. The van der Waals surface area contributed by atoms with Crippen molar-refractivity contribution in [3.05, 3.63) is 29.6 Å². The van der Waals surface area contributed by atoms with Gasteiger partial charge in [0, 0.05) is 33.3 Å². The largest absolute Gasteiger partial charge is 0.493 e. The molecule has 0 aromatic heterocycles. The maximum absolute atomic E-state index is 13.4. The third kappa shape index (κ3) is 6.49. The molecule has 0 saturated carbocycles. The summed E-state index contributed by atoms with van der Waals surface area (Å²) in [4.78, 5) is 11.1. The Morgan fingerprint density at radius 2 is 2.10 bits per heavy atom. The first-order valence-electron chi connectivity index (χ1n) is 6.48. The van der Waals surface area contributed by atoms with Crippen LogP contribution in [0.3, 0.4) is 0 Å². The van der Waals surface area contributed by atoms with Crippen LogP contribution in [-0.2, 0) is 16.1 Å². The molecule has 0 aliphatic rings. The lowest BCUT2D eigenvalue weighted by atomic mass is 10.2. The summed E-state index contributed by atoms with van der Waals surface area (Å²) in [7, 11) is 3.19. The van der Waals surface area contributed by atoms with Crippen molar-refractivity contribution in [2.75, 3.05) is 33.9 Å². The fraction of sp³-hybridized carbons (Fsp3) is 0.500. The van der Waals surface area contributed by atoms with Crippen LogP contribution in [0.15, 0.2) is 18.2 Å². The van der Waals surface area contributed by atoms with Gasteiger partial charge in [-0.2, -0.15) is 0 Å². The molecule has 2 N–H and O–H groups in total. The summed E-state index contributed by atoms with van der Waals surface area (Å²) in [6, 6.07) is 4.51. The van der Waals surface area contributed by atoms with Crippen LogP contribution in [0.2, 0.25) is 0 Å². The standard InChI is InChI=1S/C14H21FN2O3/c1-16-14(18)3-5-20-13-8-11(7-12(15)9-13)10-17-4-6-19-2/h7-9,17H,3-6,10H2,1-2H3,(H,16,18). The maximum atomic E-state index is 13.4. The topological polar surface area (TPSA) is 59.6 Å². The monoisotopic (exact) mass is 284 g/mol. The zero-order chi connectivity index (χ0) is 14.8. The first kappa shape index (κ1) is 16.4. The first-order valence-corrected chi connectivity index (χ1v) is 6.48. The van der Waals surface area contributed by atoms with Crippen LogP contribution in [0.1, 0.15) is 12.0 Å². The Balaban J connectivity index is 2.46. The van der Waals surface area contributed by atoms with Gasteiger partial charge in [-0.15, -0.1) is 0 Å². The molecule has 1 aromatic rings. The van der Waals surface area contributed by atoms with E-state index in [4.69, 9.17) is 9.47 Å². The Labute approximate surface area is 118 Å². The van der Waals surface area contributed by atoms with Gasteiger partial charge < -0.3 is 20.1 Å². The molecule has 0 bridgehead atoms. The lowest BCUT2D eigenvalue weighted by Gasteiger charge is -2.09. The van der Waals surface area contributed by atoms with E-state index in [2.05, 4.69) is 10.6 Å². The molecule has 20 heavy (non-hydrogen) atoms. The van der Waals surface area contributed by atoms with E-state index in [9.17, 15) is 9.18 Å². The predicted octanol–water partition coefficient (Wildman–Crippen LogP) is 1.08. The highest BCUT2D eigenvalue weighted by molar-refractivity contribution is 5.75. The van der Waals surface area contributed by atoms with Crippen molar-refractivity contribution >= 4 is 5.91 Å². The minimum Gasteiger partial charge on any atom is -0.493 e. The molecule has 5 nitrogen and oxygen atoms in total. The van der Waals surface area contributed by atoms with Gasteiger partial charge in [0.15, 0.2) is 0 Å². The highest BCUT2D eigenvalue weighted by Crippen LogP contribution is 2.16. The van der Waals surface area contributed by atoms with Crippen molar-refractivity contribution in [3.63, 3.8) is 0 Å². The molecule has 6 heteroatoms. The van der Waals surface area contributed by atoms with Crippen molar-refractivity contribution in [2.24, 2.45) is 0 Å². The molecule has 0 unspecified atom stereocenters. The van der Waals surface area contributed by atoms with E-state index in [0.717, 1.165) is 5.56 Å². The molecule has 1 rings (SSSR count). The number of methoxy groups -OCH3 is 1. The Hall–Kier alpha value is -1.66. The second-order valence-corrected chi connectivity index (χ2v) is 4.24. The van der Waals surface area contributed by atoms with E-state index in [1.807, 2.05) is 0 Å². The van der Waals surface area contributed by atoms with Gasteiger partial charge in [-0.1, -0.05) is 0 Å². The quantitative estimate of drug-likeness (QED) is 0.666. The van der Waals surface area contributed by atoms with E-state index in [-0.39, 0.29) is 24.8 Å². The fourth-order valence-electron chi connectivity index (χ4n) is 1.60. The molecule has 0 aliphatic carbocycles. The molecule has 0 aliphatic heterocycles. The van der Waals surface area contributed by atoms with Gasteiger partial charge in [-0.05, 0) is 17.7 Å². The summed E-state index contributed by atoms with van der Waals surface area (Å²) < 4.78 is 23.7. The van der Waals surface area contributed by atoms with Crippen molar-refractivity contribution in [1.29, 1.82) is 0 Å². The summed E-state index contributed by atoms with van der Waals surface area (Å²) >= 11 is 0. The number of nitrogens with one attached hydrogen (secondary N) is 2.